The van der Waals surface area contributed by atoms with E-state index < -0.39 is 0 Å². The van der Waals surface area contributed by atoms with Gasteiger partial charge in [-0.2, -0.15) is 0 Å². The molecule has 6 nitrogen and oxygen atoms in total. The second-order valence-corrected chi connectivity index (χ2v) is 11.4. The van der Waals surface area contributed by atoms with Crippen molar-refractivity contribution in [1.29, 1.82) is 0 Å². The van der Waals surface area contributed by atoms with Gasteiger partial charge in [-0.25, -0.2) is 9.97 Å². The van der Waals surface area contributed by atoms with Crippen LogP contribution in [0.1, 0.15) is 104 Å². The summed E-state index contributed by atoms with van der Waals surface area (Å²) in [6.07, 6.45) is 13.0. The van der Waals surface area contributed by atoms with Gasteiger partial charge in [-0.3, -0.25) is 9.69 Å². The van der Waals surface area contributed by atoms with Gasteiger partial charge in [0.15, 0.2) is 0 Å². The summed E-state index contributed by atoms with van der Waals surface area (Å²) in [7, 11) is 0. The van der Waals surface area contributed by atoms with Crippen molar-refractivity contribution >= 4 is 11.7 Å². The number of likely N-dealkylation sites (tertiary alicyclic amines) is 1. The Kier molecular flexibility index (Phi) is 13.8. The van der Waals surface area contributed by atoms with Crippen molar-refractivity contribution in [1.82, 2.24) is 19.8 Å². The van der Waals surface area contributed by atoms with Crippen molar-refractivity contribution in [3.8, 4) is 0 Å². The number of aromatic nitrogens is 2. The summed E-state index contributed by atoms with van der Waals surface area (Å²) in [5.74, 6) is 2.09. The lowest BCUT2D eigenvalue weighted by Crippen LogP contribution is -2.60. The van der Waals surface area contributed by atoms with Crippen LogP contribution in [0, 0.1) is 5.92 Å². The Morgan fingerprint density at radius 1 is 0.946 bits per heavy atom. The lowest BCUT2D eigenvalue weighted by Gasteiger charge is -2.48. The minimum atomic E-state index is 0.184. The predicted molar refractivity (Wildman–Crippen MR) is 157 cm³/mol. The highest BCUT2D eigenvalue weighted by Crippen LogP contribution is 2.30. The normalized spacial score (nSPS) is 21.8. The molecule has 0 aliphatic carbocycles. The molecule has 2 aliphatic heterocycles. The van der Waals surface area contributed by atoms with Crippen molar-refractivity contribution in [2.45, 2.75) is 117 Å². The van der Waals surface area contributed by atoms with Crippen LogP contribution in [0.15, 0.2) is 25.6 Å². The molecule has 0 spiro atoms. The number of rotatable bonds is 12. The number of hydrogen-bond acceptors (Lipinski definition) is 6. The van der Waals surface area contributed by atoms with Crippen LogP contribution >= 0.6 is 0 Å². The fraction of sp³-hybridized carbons (Fsp3) is 0.774. The van der Waals surface area contributed by atoms with Gasteiger partial charge >= 0.3 is 0 Å². The van der Waals surface area contributed by atoms with Crippen LogP contribution < -0.4 is 4.90 Å². The van der Waals surface area contributed by atoms with Crippen molar-refractivity contribution in [3.05, 3.63) is 31.1 Å². The van der Waals surface area contributed by atoms with Gasteiger partial charge in [-0.15, -0.1) is 13.2 Å². The summed E-state index contributed by atoms with van der Waals surface area (Å²) in [5.41, 5.74) is 1.31. The largest absolute Gasteiger partial charge is 0.332 e. The van der Waals surface area contributed by atoms with E-state index >= 15 is 0 Å². The number of hydrogen-bond donors (Lipinski definition) is 0. The third-order valence-corrected chi connectivity index (χ3v) is 8.34. The van der Waals surface area contributed by atoms with Crippen LogP contribution in [0.2, 0.25) is 0 Å². The number of ketones is 1. The maximum atomic E-state index is 11.8. The van der Waals surface area contributed by atoms with Crippen LogP contribution in [0.25, 0.3) is 0 Å². The molecular weight excluding hydrogens is 458 g/mol. The molecule has 2 unspecified atom stereocenters. The SMILES string of the molecule is C=C.CCC1CN(C(C)C)CC(CC)N1c1ncc(C2CCN(CCCCCC(=O)C(C)C)CC2)cn1. The fourth-order valence-corrected chi connectivity index (χ4v) is 5.76. The maximum absolute atomic E-state index is 11.8. The average molecular weight is 514 g/mol. The van der Waals surface area contributed by atoms with Crippen molar-refractivity contribution in [3.63, 3.8) is 0 Å². The van der Waals surface area contributed by atoms with Crippen LogP contribution in [0.4, 0.5) is 5.95 Å². The molecule has 3 rings (SSSR count). The topological polar surface area (TPSA) is 52.6 Å². The summed E-state index contributed by atoms with van der Waals surface area (Å²) in [6.45, 7) is 24.9. The second kappa shape index (κ2) is 16.2. The molecule has 0 bridgehead atoms. The van der Waals surface area contributed by atoms with Gasteiger partial charge in [0, 0.05) is 55.9 Å². The smallest absolute Gasteiger partial charge is 0.225 e. The van der Waals surface area contributed by atoms with Gasteiger partial charge in [0.1, 0.15) is 5.78 Å². The molecule has 0 radical (unpaired) electrons. The molecule has 3 heterocycles. The highest BCUT2D eigenvalue weighted by Gasteiger charge is 2.35. The number of piperidine rings is 1. The van der Waals surface area contributed by atoms with Gasteiger partial charge in [-0.1, -0.05) is 34.1 Å². The molecule has 0 amide bonds. The number of carbonyl (C=O) groups excluding carboxylic acids is 1. The van der Waals surface area contributed by atoms with E-state index in [0.717, 1.165) is 70.8 Å². The van der Waals surface area contributed by atoms with Gasteiger partial charge in [-0.05, 0) is 83.5 Å². The van der Waals surface area contributed by atoms with E-state index in [0.29, 0.717) is 29.8 Å². The molecule has 0 N–H and O–H groups in total. The van der Waals surface area contributed by atoms with E-state index in [2.05, 4.69) is 67.9 Å². The van der Waals surface area contributed by atoms with E-state index in [1.54, 1.807) is 0 Å². The first-order valence-corrected chi connectivity index (χ1v) is 14.9. The number of carbonyl (C=O) groups is 1. The van der Waals surface area contributed by atoms with Crippen LogP contribution in [0.5, 0.6) is 0 Å². The summed E-state index contributed by atoms with van der Waals surface area (Å²) in [5, 5.41) is 0. The standard InChI is InChI=1S/C29H51N5O.C2H4/c1-7-26-20-33(23(5)6)21-27(8-2)34(26)29-30-18-25(19-31-29)24-13-16-32(17-14-24)15-11-9-10-12-28(35)22(3)4;1-2/h18-19,22-24,26-27H,7-17,20-21H2,1-6H3;1-2H2. The molecule has 210 valence electrons. The third kappa shape index (κ3) is 9.17. The molecule has 1 aromatic rings. The molecule has 2 fully saturated rings. The van der Waals surface area contributed by atoms with E-state index in [1.807, 2.05) is 13.8 Å². The first-order chi connectivity index (χ1) is 17.8. The summed E-state index contributed by atoms with van der Waals surface area (Å²) >= 11 is 0. The molecule has 37 heavy (non-hydrogen) atoms. The lowest BCUT2D eigenvalue weighted by atomic mass is 9.91. The highest BCUT2D eigenvalue weighted by molar-refractivity contribution is 5.80. The first-order valence-electron chi connectivity index (χ1n) is 14.9. The lowest BCUT2D eigenvalue weighted by molar-refractivity contribution is -0.122. The quantitative estimate of drug-likeness (QED) is 0.240. The number of anilines is 1. The zero-order chi connectivity index (χ0) is 27.4. The summed E-state index contributed by atoms with van der Waals surface area (Å²) < 4.78 is 0. The number of Topliss-reactive ketones (excluding diaryl/α,β-unsaturated/α-hetero) is 1. The van der Waals surface area contributed by atoms with Crippen LogP contribution in [0.3, 0.4) is 0 Å². The van der Waals surface area contributed by atoms with Crippen molar-refractivity contribution in [2.24, 2.45) is 5.92 Å². The van der Waals surface area contributed by atoms with E-state index in [-0.39, 0.29) is 5.92 Å². The minimum absolute atomic E-state index is 0.184. The van der Waals surface area contributed by atoms with E-state index in [4.69, 9.17) is 9.97 Å². The monoisotopic (exact) mass is 513 g/mol. The number of piperazine rings is 1. The van der Waals surface area contributed by atoms with Gasteiger partial charge in [0.2, 0.25) is 5.95 Å². The number of nitrogens with zero attached hydrogens (tertiary/aromatic N) is 5. The summed E-state index contributed by atoms with van der Waals surface area (Å²) in [6, 6.07) is 1.55. The molecule has 2 atom stereocenters. The van der Waals surface area contributed by atoms with Gasteiger partial charge < -0.3 is 9.80 Å². The van der Waals surface area contributed by atoms with E-state index in [9.17, 15) is 4.79 Å². The highest BCUT2D eigenvalue weighted by atomic mass is 16.1. The predicted octanol–water partition coefficient (Wildman–Crippen LogP) is 6.33. The fourth-order valence-electron chi connectivity index (χ4n) is 5.76. The molecule has 0 aromatic carbocycles. The Morgan fingerprint density at radius 2 is 1.51 bits per heavy atom. The maximum Gasteiger partial charge on any atom is 0.225 e. The minimum Gasteiger partial charge on any atom is -0.332 e. The van der Waals surface area contributed by atoms with E-state index in [1.165, 1.54) is 24.8 Å². The average Bonchev–Trinajstić information content (AvgIpc) is 2.93. The Bertz CT molecular complexity index is 758. The molecule has 2 saturated heterocycles. The molecule has 6 heteroatoms. The van der Waals surface area contributed by atoms with Gasteiger partial charge in [0.25, 0.3) is 0 Å². The Labute approximate surface area is 227 Å². The second-order valence-electron chi connectivity index (χ2n) is 11.4. The van der Waals surface area contributed by atoms with Crippen LogP contribution in [-0.4, -0.2) is 76.4 Å². The molecule has 2 aliphatic rings. The zero-order valence-electron chi connectivity index (χ0n) is 24.8. The van der Waals surface area contributed by atoms with Crippen molar-refractivity contribution < 1.29 is 4.79 Å². The van der Waals surface area contributed by atoms with Crippen molar-refractivity contribution in [2.75, 3.05) is 37.6 Å². The zero-order valence-corrected chi connectivity index (χ0v) is 24.8. The number of unbranched alkanes of at least 4 members (excludes halogenated alkanes) is 2. The van der Waals surface area contributed by atoms with Crippen LogP contribution in [-0.2, 0) is 4.79 Å². The Morgan fingerprint density at radius 3 is 2.00 bits per heavy atom. The van der Waals surface area contributed by atoms with Gasteiger partial charge in [0.05, 0.1) is 0 Å². The Balaban J connectivity index is 0.00000235. The summed E-state index contributed by atoms with van der Waals surface area (Å²) in [4.78, 5) is 29.3. The first kappa shape index (κ1) is 31.4. The third-order valence-electron chi connectivity index (χ3n) is 8.34. The molecule has 0 saturated carbocycles. The molecular formula is C31H55N5O. The Hall–Kier alpha value is -1.79. The molecule has 1 aromatic heterocycles.